The Labute approximate surface area is 117 Å². The second-order valence-corrected chi connectivity index (χ2v) is 4.57. The van der Waals surface area contributed by atoms with Crippen LogP contribution in [-0.2, 0) is 6.42 Å². The molecule has 0 unspecified atom stereocenters. The Kier molecular flexibility index (Phi) is 4.45. The fourth-order valence-electron chi connectivity index (χ4n) is 1.86. The van der Waals surface area contributed by atoms with E-state index in [1.54, 1.807) is 0 Å². The van der Waals surface area contributed by atoms with Gasteiger partial charge in [-0.2, -0.15) is 9.37 Å². The Bertz CT molecular complexity index is 591. The van der Waals surface area contributed by atoms with Gasteiger partial charge in [0, 0.05) is 23.9 Å². The van der Waals surface area contributed by atoms with E-state index in [0.717, 1.165) is 24.0 Å². The summed E-state index contributed by atoms with van der Waals surface area (Å²) in [6.45, 7) is 3.94. The van der Waals surface area contributed by atoms with Gasteiger partial charge in [0.1, 0.15) is 0 Å². The molecule has 6 heteroatoms. The van der Waals surface area contributed by atoms with Crippen LogP contribution in [0.25, 0.3) is 0 Å². The van der Waals surface area contributed by atoms with Crippen molar-refractivity contribution in [3.05, 3.63) is 41.6 Å². The van der Waals surface area contributed by atoms with Gasteiger partial charge in [-0.05, 0) is 26.0 Å². The van der Waals surface area contributed by atoms with Crippen LogP contribution in [0.2, 0.25) is 0 Å². The number of aryl methyl sites for hydroxylation is 1. The van der Waals surface area contributed by atoms with Gasteiger partial charge in [-0.3, -0.25) is 4.98 Å². The van der Waals surface area contributed by atoms with Crippen molar-refractivity contribution in [2.45, 2.75) is 26.3 Å². The van der Waals surface area contributed by atoms with Crippen molar-refractivity contribution in [1.29, 1.82) is 0 Å². The molecule has 0 fully saturated rings. The molecule has 0 aliphatic carbocycles. The zero-order valence-corrected chi connectivity index (χ0v) is 11.7. The minimum absolute atomic E-state index is 0.0663. The van der Waals surface area contributed by atoms with E-state index >= 15 is 0 Å². The van der Waals surface area contributed by atoms with Gasteiger partial charge >= 0.3 is 0 Å². The molecule has 0 bridgehead atoms. The highest BCUT2D eigenvalue weighted by molar-refractivity contribution is 5.30. The number of rotatable bonds is 5. The molecule has 0 aromatic carbocycles. The summed E-state index contributed by atoms with van der Waals surface area (Å²) in [6, 6.07) is 5.97. The van der Waals surface area contributed by atoms with Crippen molar-refractivity contribution in [3.8, 4) is 5.88 Å². The molecule has 2 rings (SSSR count). The Balaban J connectivity index is 2.02. The van der Waals surface area contributed by atoms with Gasteiger partial charge in [-0.1, -0.05) is 6.07 Å². The van der Waals surface area contributed by atoms with E-state index in [1.807, 2.05) is 32.0 Å². The second-order valence-electron chi connectivity index (χ2n) is 4.57. The third-order valence-electron chi connectivity index (χ3n) is 2.74. The van der Waals surface area contributed by atoms with E-state index in [2.05, 4.69) is 20.3 Å². The lowest BCUT2D eigenvalue weighted by atomic mass is 10.1. The molecule has 1 N–H and O–H groups in total. The first-order valence-electron chi connectivity index (χ1n) is 6.34. The normalized spacial score (nSPS) is 12.0. The van der Waals surface area contributed by atoms with Crippen LogP contribution in [0.3, 0.4) is 0 Å². The standard InChI is InChI=1S/C14H17FN4O/c1-9-5-4-6-11(17-9)7-10(2)18-14-16-8-12(15)13(19-14)20-3/h4-6,8,10H,7H2,1-3H3,(H,16,18,19)/t10-/m0/s1. The molecule has 20 heavy (non-hydrogen) atoms. The van der Waals surface area contributed by atoms with Gasteiger partial charge < -0.3 is 10.1 Å². The third-order valence-corrected chi connectivity index (χ3v) is 2.74. The Hall–Kier alpha value is -2.24. The number of pyridine rings is 1. The highest BCUT2D eigenvalue weighted by atomic mass is 19.1. The first-order chi connectivity index (χ1) is 9.58. The number of methoxy groups -OCH3 is 1. The first-order valence-corrected chi connectivity index (χ1v) is 6.34. The smallest absolute Gasteiger partial charge is 0.255 e. The van der Waals surface area contributed by atoms with Gasteiger partial charge in [-0.15, -0.1) is 0 Å². The van der Waals surface area contributed by atoms with Crippen LogP contribution in [-0.4, -0.2) is 28.1 Å². The average Bonchev–Trinajstić information content (AvgIpc) is 2.41. The van der Waals surface area contributed by atoms with E-state index in [-0.39, 0.29) is 11.9 Å². The molecule has 2 aromatic heterocycles. The summed E-state index contributed by atoms with van der Waals surface area (Å²) < 4.78 is 18.0. The van der Waals surface area contributed by atoms with Crippen molar-refractivity contribution in [1.82, 2.24) is 15.0 Å². The van der Waals surface area contributed by atoms with Crippen LogP contribution >= 0.6 is 0 Å². The fourth-order valence-corrected chi connectivity index (χ4v) is 1.86. The number of hydrogen-bond acceptors (Lipinski definition) is 5. The van der Waals surface area contributed by atoms with Crippen molar-refractivity contribution < 1.29 is 9.13 Å². The zero-order valence-electron chi connectivity index (χ0n) is 11.7. The number of nitrogens with zero attached hydrogens (tertiary/aromatic N) is 3. The van der Waals surface area contributed by atoms with Crippen LogP contribution in [0.1, 0.15) is 18.3 Å². The van der Waals surface area contributed by atoms with Gasteiger partial charge in [0.05, 0.1) is 13.3 Å². The molecular weight excluding hydrogens is 259 g/mol. The summed E-state index contributed by atoms with van der Waals surface area (Å²) in [6.07, 6.45) is 1.82. The van der Waals surface area contributed by atoms with Crippen LogP contribution < -0.4 is 10.1 Å². The highest BCUT2D eigenvalue weighted by Gasteiger charge is 2.10. The van der Waals surface area contributed by atoms with Crippen molar-refractivity contribution >= 4 is 5.95 Å². The Morgan fingerprint density at radius 3 is 2.85 bits per heavy atom. The number of anilines is 1. The maximum absolute atomic E-state index is 13.2. The highest BCUT2D eigenvalue weighted by Crippen LogP contribution is 2.14. The molecule has 0 aliphatic heterocycles. The zero-order chi connectivity index (χ0) is 14.5. The van der Waals surface area contributed by atoms with Gasteiger partial charge in [0.2, 0.25) is 11.8 Å². The second kappa shape index (κ2) is 6.27. The SMILES string of the molecule is COc1nc(N[C@@H](C)Cc2cccc(C)n2)ncc1F. The molecule has 0 spiro atoms. The van der Waals surface area contributed by atoms with Crippen molar-refractivity contribution in [2.24, 2.45) is 0 Å². The summed E-state index contributed by atoms with van der Waals surface area (Å²) >= 11 is 0. The van der Waals surface area contributed by atoms with E-state index in [0.29, 0.717) is 5.95 Å². The average molecular weight is 276 g/mol. The largest absolute Gasteiger partial charge is 0.479 e. The monoisotopic (exact) mass is 276 g/mol. The van der Waals surface area contributed by atoms with E-state index in [4.69, 9.17) is 4.74 Å². The molecule has 106 valence electrons. The van der Waals surface area contributed by atoms with Crippen molar-refractivity contribution in [2.75, 3.05) is 12.4 Å². The first kappa shape index (κ1) is 14.2. The van der Waals surface area contributed by atoms with Crippen LogP contribution in [0, 0.1) is 12.7 Å². The van der Waals surface area contributed by atoms with Crippen LogP contribution in [0.15, 0.2) is 24.4 Å². The molecule has 0 radical (unpaired) electrons. The molecule has 2 aromatic rings. The summed E-state index contributed by atoms with van der Waals surface area (Å²) in [5, 5.41) is 3.10. The topological polar surface area (TPSA) is 59.9 Å². The molecule has 2 heterocycles. The van der Waals surface area contributed by atoms with Gasteiger partial charge in [0.15, 0.2) is 0 Å². The lowest BCUT2D eigenvalue weighted by molar-refractivity contribution is 0.367. The number of hydrogen-bond donors (Lipinski definition) is 1. The van der Waals surface area contributed by atoms with Crippen LogP contribution in [0.5, 0.6) is 5.88 Å². The minimum Gasteiger partial charge on any atom is -0.479 e. The van der Waals surface area contributed by atoms with Crippen LogP contribution in [0.4, 0.5) is 10.3 Å². The Morgan fingerprint density at radius 2 is 2.15 bits per heavy atom. The van der Waals surface area contributed by atoms with E-state index in [1.165, 1.54) is 7.11 Å². The summed E-state index contributed by atoms with van der Waals surface area (Å²) in [4.78, 5) is 12.3. The van der Waals surface area contributed by atoms with Crippen molar-refractivity contribution in [3.63, 3.8) is 0 Å². The fraction of sp³-hybridized carbons (Fsp3) is 0.357. The van der Waals surface area contributed by atoms with Gasteiger partial charge in [0.25, 0.3) is 5.88 Å². The lowest BCUT2D eigenvalue weighted by Gasteiger charge is -2.14. The number of halogens is 1. The van der Waals surface area contributed by atoms with Gasteiger partial charge in [-0.25, -0.2) is 4.98 Å². The Morgan fingerprint density at radius 1 is 1.35 bits per heavy atom. The number of aromatic nitrogens is 3. The molecule has 1 atom stereocenters. The summed E-state index contributed by atoms with van der Waals surface area (Å²) in [5.41, 5.74) is 1.97. The lowest BCUT2D eigenvalue weighted by Crippen LogP contribution is -2.20. The molecular formula is C14H17FN4O. The maximum atomic E-state index is 13.2. The number of ether oxygens (including phenoxy) is 1. The number of nitrogens with one attached hydrogen (secondary N) is 1. The van der Waals surface area contributed by atoms with E-state index in [9.17, 15) is 4.39 Å². The summed E-state index contributed by atoms with van der Waals surface area (Å²) in [5.74, 6) is -0.308. The predicted molar refractivity (Wildman–Crippen MR) is 74.3 cm³/mol. The molecule has 0 aliphatic rings. The quantitative estimate of drug-likeness (QED) is 0.908. The summed E-state index contributed by atoms with van der Waals surface area (Å²) in [7, 11) is 1.37. The molecule has 0 saturated heterocycles. The molecule has 5 nitrogen and oxygen atoms in total. The molecule has 0 saturated carbocycles. The molecule has 0 amide bonds. The minimum atomic E-state index is -0.578. The predicted octanol–water partition coefficient (Wildman–Crippen LogP) is 2.37. The third kappa shape index (κ3) is 3.63. The maximum Gasteiger partial charge on any atom is 0.255 e. The van der Waals surface area contributed by atoms with E-state index < -0.39 is 5.82 Å².